The maximum atomic E-state index is 12.6. The zero-order valence-corrected chi connectivity index (χ0v) is 13.9. The van der Waals surface area contributed by atoms with Crippen LogP contribution in [-0.4, -0.2) is 52.8 Å². The van der Waals surface area contributed by atoms with E-state index in [0.29, 0.717) is 24.2 Å². The third kappa shape index (κ3) is 2.86. The third-order valence-corrected chi connectivity index (χ3v) is 5.22. The predicted molar refractivity (Wildman–Crippen MR) is 89.7 cm³/mol. The van der Waals surface area contributed by atoms with Gasteiger partial charge in [-0.25, -0.2) is 4.98 Å². The van der Waals surface area contributed by atoms with E-state index in [1.54, 1.807) is 6.07 Å². The van der Waals surface area contributed by atoms with Crippen molar-refractivity contribution in [2.45, 2.75) is 44.3 Å². The lowest BCUT2D eigenvalue weighted by molar-refractivity contribution is -0.136. The Morgan fingerprint density at radius 1 is 1.12 bits per heavy atom. The van der Waals surface area contributed by atoms with Crippen LogP contribution < -0.4 is 16.0 Å². The Morgan fingerprint density at radius 3 is 2.60 bits per heavy atom. The molecule has 3 aliphatic heterocycles. The van der Waals surface area contributed by atoms with Gasteiger partial charge in [0.05, 0.1) is 17.8 Å². The number of imide groups is 1. The quantitative estimate of drug-likeness (QED) is 0.718. The molecule has 1 atom stereocenters. The number of nitrogens with zero attached hydrogens (tertiary/aromatic N) is 3. The van der Waals surface area contributed by atoms with Gasteiger partial charge in [0.1, 0.15) is 11.9 Å². The van der Waals surface area contributed by atoms with Crippen molar-refractivity contribution in [2.75, 3.05) is 18.0 Å². The van der Waals surface area contributed by atoms with Crippen molar-refractivity contribution in [3.63, 3.8) is 0 Å². The summed E-state index contributed by atoms with van der Waals surface area (Å²) in [7, 11) is 0. The number of pyridine rings is 1. The average molecular weight is 343 g/mol. The molecule has 2 fully saturated rings. The molecule has 0 bridgehead atoms. The van der Waals surface area contributed by atoms with E-state index in [1.807, 2.05) is 6.07 Å². The van der Waals surface area contributed by atoms with E-state index in [0.717, 1.165) is 31.7 Å². The van der Waals surface area contributed by atoms with Crippen LogP contribution in [0.4, 0.5) is 5.82 Å². The maximum absolute atomic E-state index is 12.6. The molecule has 0 radical (unpaired) electrons. The van der Waals surface area contributed by atoms with Gasteiger partial charge in [-0.05, 0) is 31.4 Å². The minimum Gasteiger partial charge on any atom is -0.356 e. The van der Waals surface area contributed by atoms with Gasteiger partial charge in [-0.3, -0.25) is 19.7 Å². The summed E-state index contributed by atoms with van der Waals surface area (Å²) < 4.78 is 0. The monoisotopic (exact) mass is 343 g/mol. The molecule has 3 aliphatic rings. The Kier molecular flexibility index (Phi) is 3.91. The normalized spacial score (nSPS) is 24.5. The molecule has 3 amide bonds. The van der Waals surface area contributed by atoms with Gasteiger partial charge in [0.15, 0.2) is 0 Å². The minimum atomic E-state index is -0.601. The highest BCUT2D eigenvalue weighted by Gasteiger charge is 2.39. The summed E-state index contributed by atoms with van der Waals surface area (Å²) in [5, 5.41) is 2.31. The SMILES string of the molecule is NC1CCN(c2ccc3c(n2)CN(C2CCC(=O)NC2=O)C3=O)CC1. The Bertz CT molecular complexity index is 742. The van der Waals surface area contributed by atoms with Crippen LogP contribution in [0.3, 0.4) is 0 Å². The number of hydrogen-bond donors (Lipinski definition) is 2. The Balaban J connectivity index is 1.53. The van der Waals surface area contributed by atoms with Gasteiger partial charge in [-0.15, -0.1) is 0 Å². The molecule has 4 heterocycles. The number of fused-ring (bicyclic) bond motifs is 1. The first-order valence-corrected chi connectivity index (χ1v) is 8.68. The van der Waals surface area contributed by atoms with E-state index in [-0.39, 0.29) is 24.3 Å². The topological polar surface area (TPSA) is 109 Å². The standard InChI is InChI=1S/C17H21N5O3/c18-10-5-7-21(8-6-10)14-3-1-11-12(19-14)9-22(17(11)25)13-2-4-15(23)20-16(13)24/h1,3,10,13H,2,4-9,18H2,(H,20,23,24). The molecule has 2 saturated heterocycles. The van der Waals surface area contributed by atoms with Crippen molar-refractivity contribution in [1.29, 1.82) is 0 Å². The second-order valence-electron chi connectivity index (χ2n) is 6.89. The molecule has 8 heteroatoms. The number of nitrogens with one attached hydrogen (secondary N) is 1. The lowest BCUT2D eigenvalue weighted by atomic mass is 10.0. The molecule has 0 aromatic carbocycles. The van der Waals surface area contributed by atoms with Gasteiger partial charge in [0.2, 0.25) is 11.8 Å². The highest BCUT2D eigenvalue weighted by Crippen LogP contribution is 2.28. The predicted octanol–water partition coefficient (Wildman–Crippen LogP) is -0.230. The molecule has 0 spiro atoms. The Hall–Kier alpha value is -2.48. The number of aromatic nitrogens is 1. The van der Waals surface area contributed by atoms with Crippen LogP contribution in [0.15, 0.2) is 12.1 Å². The Labute approximate surface area is 145 Å². The van der Waals surface area contributed by atoms with Gasteiger partial charge in [-0.2, -0.15) is 0 Å². The van der Waals surface area contributed by atoms with E-state index in [9.17, 15) is 14.4 Å². The molecular weight excluding hydrogens is 322 g/mol. The van der Waals surface area contributed by atoms with E-state index >= 15 is 0 Å². The summed E-state index contributed by atoms with van der Waals surface area (Å²) in [5.74, 6) is -0.0236. The largest absolute Gasteiger partial charge is 0.356 e. The highest BCUT2D eigenvalue weighted by molar-refractivity contribution is 6.05. The summed E-state index contributed by atoms with van der Waals surface area (Å²) in [6.07, 6.45) is 2.48. The second-order valence-corrected chi connectivity index (χ2v) is 6.89. The van der Waals surface area contributed by atoms with Gasteiger partial charge >= 0.3 is 0 Å². The smallest absolute Gasteiger partial charge is 0.256 e. The number of carbonyl (C=O) groups is 3. The van der Waals surface area contributed by atoms with Gasteiger partial charge in [0.25, 0.3) is 5.91 Å². The minimum absolute atomic E-state index is 0.191. The number of hydrogen-bond acceptors (Lipinski definition) is 6. The zero-order valence-electron chi connectivity index (χ0n) is 13.9. The van der Waals surface area contributed by atoms with Crippen LogP contribution in [0.25, 0.3) is 0 Å². The molecule has 132 valence electrons. The fourth-order valence-electron chi connectivity index (χ4n) is 3.73. The van der Waals surface area contributed by atoms with E-state index in [2.05, 4.69) is 15.2 Å². The van der Waals surface area contributed by atoms with Gasteiger partial charge in [0, 0.05) is 25.6 Å². The number of piperidine rings is 2. The third-order valence-electron chi connectivity index (χ3n) is 5.22. The molecule has 1 aromatic rings. The molecule has 1 aromatic heterocycles. The molecule has 8 nitrogen and oxygen atoms in total. The number of amides is 3. The van der Waals surface area contributed by atoms with Crippen molar-refractivity contribution < 1.29 is 14.4 Å². The molecule has 25 heavy (non-hydrogen) atoms. The summed E-state index contributed by atoms with van der Waals surface area (Å²) in [6.45, 7) is 2.02. The van der Waals surface area contributed by atoms with Gasteiger partial charge < -0.3 is 15.5 Å². The summed E-state index contributed by atoms with van der Waals surface area (Å²) in [5.41, 5.74) is 7.19. The van der Waals surface area contributed by atoms with Crippen LogP contribution in [0.1, 0.15) is 41.7 Å². The first kappa shape index (κ1) is 16.0. The Morgan fingerprint density at radius 2 is 1.88 bits per heavy atom. The van der Waals surface area contributed by atoms with Crippen LogP contribution in [0.5, 0.6) is 0 Å². The average Bonchev–Trinajstić information content (AvgIpc) is 2.92. The first-order valence-electron chi connectivity index (χ1n) is 8.68. The van der Waals surface area contributed by atoms with Crippen LogP contribution in [0.2, 0.25) is 0 Å². The van der Waals surface area contributed by atoms with Crippen molar-refractivity contribution >= 4 is 23.5 Å². The fourth-order valence-corrected chi connectivity index (χ4v) is 3.73. The lowest BCUT2D eigenvalue weighted by Crippen LogP contribution is -2.52. The lowest BCUT2D eigenvalue weighted by Gasteiger charge is -2.31. The fraction of sp³-hybridized carbons (Fsp3) is 0.529. The molecule has 3 N–H and O–H groups in total. The number of rotatable bonds is 2. The molecule has 4 rings (SSSR count). The molecule has 0 saturated carbocycles. The number of nitrogens with two attached hydrogens (primary N) is 1. The van der Waals surface area contributed by atoms with Crippen LogP contribution in [-0.2, 0) is 16.1 Å². The summed E-state index contributed by atoms with van der Waals surface area (Å²) in [4.78, 5) is 44.4. The van der Waals surface area contributed by atoms with Crippen molar-refractivity contribution in [2.24, 2.45) is 5.73 Å². The van der Waals surface area contributed by atoms with Crippen molar-refractivity contribution in [3.8, 4) is 0 Å². The number of anilines is 1. The molecular formula is C17H21N5O3. The van der Waals surface area contributed by atoms with E-state index in [4.69, 9.17) is 5.73 Å². The van der Waals surface area contributed by atoms with Gasteiger partial charge in [-0.1, -0.05) is 0 Å². The van der Waals surface area contributed by atoms with E-state index < -0.39 is 11.9 Å². The molecule has 1 unspecified atom stereocenters. The van der Waals surface area contributed by atoms with Crippen LogP contribution in [0, 0.1) is 0 Å². The molecule has 0 aliphatic carbocycles. The number of carbonyl (C=O) groups excluding carboxylic acids is 3. The summed E-state index contributed by atoms with van der Waals surface area (Å²) >= 11 is 0. The highest BCUT2D eigenvalue weighted by atomic mass is 16.2. The summed E-state index contributed by atoms with van der Waals surface area (Å²) in [6, 6.07) is 3.30. The van der Waals surface area contributed by atoms with Crippen molar-refractivity contribution in [1.82, 2.24) is 15.2 Å². The zero-order chi connectivity index (χ0) is 17.6. The van der Waals surface area contributed by atoms with E-state index in [1.165, 1.54) is 4.90 Å². The first-order chi connectivity index (χ1) is 12.0. The second kappa shape index (κ2) is 6.11. The van der Waals surface area contributed by atoms with Crippen molar-refractivity contribution in [3.05, 3.63) is 23.4 Å². The van der Waals surface area contributed by atoms with Crippen LogP contribution >= 0.6 is 0 Å². The maximum Gasteiger partial charge on any atom is 0.256 e.